The van der Waals surface area contributed by atoms with Gasteiger partial charge in [0.25, 0.3) is 0 Å². The topological polar surface area (TPSA) is 43.3 Å². The Morgan fingerprint density at radius 3 is 2.95 bits per heavy atom. The number of hydrogen-bond donors (Lipinski definition) is 1. The highest BCUT2D eigenvalue weighted by Gasteiger charge is 2.05. The van der Waals surface area contributed by atoms with E-state index in [0.717, 1.165) is 28.3 Å². The van der Waals surface area contributed by atoms with Crippen LogP contribution < -0.4 is 5.73 Å². The van der Waals surface area contributed by atoms with Crippen molar-refractivity contribution in [2.75, 3.05) is 5.73 Å². The highest BCUT2D eigenvalue weighted by atomic mass is 32.2. The van der Waals surface area contributed by atoms with Crippen LogP contribution in [0, 0.1) is 6.92 Å². The lowest BCUT2D eigenvalue weighted by Gasteiger charge is -2.06. The van der Waals surface area contributed by atoms with Gasteiger partial charge in [-0.05, 0) is 36.8 Å². The zero-order valence-corrected chi connectivity index (χ0v) is 11.5. The summed E-state index contributed by atoms with van der Waals surface area (Å²) in [4.78, 5) is 5.81. The van der Waals surface area contributed by atoms with Crippen LogP contribution >= 0.6 is 11.8 Å². The monoisotopic (exact) mass is 269 g/mol. The number of pyridine rings is 1. The molecule has 3 rings (SSSR count). The largest absolute Gasteiger partial charge is 0.398 e. The standard InChI is InChI=1S/C15H15N3S/c1-11-13(16)5-4-6-14(11)19-10-12-9-18-8-3-2-7-15(18)17-12/h2-9H,10,16H2,1H3. The van der Waals surface area contributed by atoms with Crippen LogP contribution in [-0.2, 0) is 5.75 Å². The molecule has 0 aliphatic heterocycles. The van der Waals surface area contributed by atoms with Crippen molar-refractivity contribution in [1.82, 2.24) is 9.38 Å². The van der Waals surface area contributed by atoms with Gasteiger partial charge >= 0.3 is 0 Å². The van der Waals surface area contributed by atoms with Crippen LogP contribution in [0.25, 0.3) is 5.65 Å². The first-order valence-electron chi connectivity index (χ1n) is 6.14. The van der Waals surface area contributed by atoms with E-state index in [-0.39, 0.29) is 0 Å². The second kappa shape index (κ2) is 4.97. The van der Waals surface area contributed by atoms with Gasteiger partial charge in [-0.3, -0.25) is 0 Å². The molecule has 3 nitrogen and oxygen atoms in total. The van der Waals surface area contributed by atoms with Crippen molar-refractivity contribution in [1.29, 1.82) is 0 Å². The van der Waals surface area contributed by atoms with E-state index in [1.165, 1.54) is 4.90 Å². The predicted octanol–water partition coefficient (Wildman–Crippen LogP) is 3.52. The normalized spacial score (nSPS) is 11.0. The van der Waals surface area contributed by atoms with Crippen molar-refractivity contribution in [3.8, 4) is 0 Å². The smallest absolute Gasteiger partial charge is 0.137 e. The molecule has 0 radical (unpaired) electrons. The highest BCUT2D eigenvalue weighted by molar-refractivity contribution is 7.98. The lowest BCUT2D eigenvalue weighted by atomic mass is 10.2. The zero-order chi connectivity index (χ0) is 13.2. The first-order chi connectivity index (χ1) is 9.24. The molecule has 4 heteroatoms. The molecule has 0 fully saturated rings. The zero-order valence-electron chi connectivity index (χ0n) is 10.7. The number of imidazole rings is 1. The van der Waals surface area contributed by atoms with Crippen LogP contribution in [0.3, 0.4) is 0 Å². The number of nitrogens with two attached hydrogens (primary N) is 1. The van der Waals surface area contributed by atoms with Crippen LogP contribution in [-0.4, -0.2) is 9.38 Å². The molecule has 0 amide bonds. The molecule has 2 heterocycles. The van der Waals surface area contributed by atoms with E-state index < -0.39 is 0 Å². The minimum Gasteiger partial charge on any atom is -0.398 e. The summed E-state index contributed by atoms with van der Waals surface area (Å²) >= 11 is 1.77. The lowest BCUT2D eigenvalue weighted by Crippen LogP contribution is -1.91. The number of nitrogens with zero attached hydrogens (tertiary/aromatic N) is 2. The molecule has 0 bridgehead atoms. The Morgan fingerprint density at radius 1 is 1.21 bits per heavy atom. The van der Waals surface area contributed by atoms with E-state index >= 15 is 0 Å². The van der Waals surface area contributed by atoms with Gasteiger partial charge < -0.3 is 10.1 Å². The van der Waals surface area contributed by atoms with Gasteiger partial charge in [0.05, 0.1) is 5.69 Å². The molecule has 2 N–H and O–H groups in total. The van der Waals surface area contributed by atoms with Gasteiger partial charge in [0.1, 0.15) is 5.65 Å². The van der Waals surface area contributed by atoms with Gasteiger partial charge in [0.2, 0.25) is 0 Å². The quantitative estimate of drug-likeness (QED) is 0.584. The summed E-state index contributed by atoms with van der Waals surface area (Å²) in [5.41, 5.74) is 9.98. The summed E-state index contributed by atoms with van der Waals surface area (Å²) in [6.45, 7) is 2.06. The molecule has 0 aliphatic rings. The number of fused-ring (bicyclic) bond motifs is 1. The number of rotatable bonds is 3. The number of aromatic nitrogens is 2. The van der Waals surface area contributed by atoms with E-state index in [2.05, 4.69) is 24.2 Å². The first-order valence-corrected chi connectivity index (χ1v) is 7.13. The summed E-state index contributed by atoms with van der Waals surface area (Å²) in [6.07, 6.45) is 4.09. The van der Waals surface area contributed by atoms with Crippen LogP contribution in [0.5, 0.6) is 0 Å². The lowest BCUT2D eigenvalue weighted by molar-refractivity contribution is 1.18. The molecule has 96 valence electrons. The molecule has 0 saturated heterocycles. The van der Waals surface area contributed by atoms with Crippen molar-refractivity contribution in [2.24, 2.45) is 0 Å². The van der Waals surface area contributed by atoms with E-state index in [0.29, 0.717) is 0 Å². The molecule has 0 saturated carbocycles. The Labute approximate surface area is 116 Å². The Hall–Kier alpha value is -1.94. The van der Waals surface area contributed by atoms with Gasteiger partial charge in [-0.25, -0.2) is 4.98 Å². The Morgan fingerprint density at radius 2 is 2.11 bits per heavy atom. The number of hydrogen-bond acceptors (Lipinski definition) is 3. The maximum absolute atomic E-state index is 5.92. The fraction of sp³-hybridized carbons (Fsp3) is 0.133. The third kappa shape index (κ3) is 2.44. The van der Waals surface area contributed by atoms with Gasteiger partial charge in [-0.1, -0.05) is 12.1 Å². The SMILES string of the molecule is Cc1c(N)cccc1SCc1cn2ccccc2n1. The molecule has 0 atom stereocenters. The first kappa shape index (κ1) is 12.1. The highest BCUT2D eigenvalue weighted by Crippen LogP contribution is 2.28. The molecular weight excluding hydrogens is 254 g/mol. The predicted molar refractivity (Wildman–Crippen MR) is 80.3 cm³/mol. The molecule has 1 aromatic carbocycles. The minimum absolute atomic E-state index is 0.847. The minimum atomic E-state index is 0.847. The van der Waals surface area contributed by atoms with Crippen LogP contribution in [0.1, 0.15) is 11.3 Å². The van der Waals surface area contributed by atoms with Crippen molar-refractivity contribution in [3.05, 3.63) is 60.0 Å². The third-order valence-corrected chi connectivity index (χ3v) is 4.31. The number of benzene rings is 1. The van der Waals surface area contributed by atoms with Crippen LogP contribution in [0.4, 0.5) is 5.69 Å². The Kier molecular flexibility index (Phi) is 3.17. The molecule has 0 unspecified atom stereocenters. The van der Waals surface area contributed by atoms with Gasteiger partial charge in [0.15, 0.2) is 0 Å². The van der Waals surface area contributed by atoms with Crippen molar-refractivity contribution in [2.45, 2.75) is 17.6 Å². The van der Waals surface area contributed by atoms with Gasteiger partial charge in [0, 0.05) is 28.7 Å². The Balaban J connectivity index is 1.80. The van der Waals surface area contributed by atoms with E-state index in [1.54, 1.807) is 11.8 Å². The summed E-state index contributed by atoms with van der Waals surface area (Å²) in [7, 11) is 0. The van der Waals surface area contributed by atoms with Gasteiger partial charge in [-0.15, -0.1) is 11.8 Å². The molecule has 2 aromatic heterocycles. The summed E-state index contributed by atoms with van der Waals surface area (Å²) in [5, 5.41) is 0. The molecule has 0 aliphatic carbocycles. The van der Waals surface area contributed by atoms with Crippen molar-refractivity contribution in [3.63, 3.8) is 0 Å². The van der Waals surface area contributed by atoms with Crippen molar-refractivity contribution < 1.29 is 0 Å². The summed E-state index contributed by atoms with van der Waals surface area (Å²) < 4.78 is 2.04. The van der Waals surface area contributed by atoms with Crippen LogP contribution in [0.2, 0.25) is 0 Å². The second-order valence-electron chi connectivity index (χ2n) is 4.46. The van der Waals surface area contributed by atoms with Gasteiger partial charge in [-0.2, -0.15) is 0 Å². The average molecular weight is 269 g/mol. The fourth-order valence-electron chi connectivity index (χ4n) is 2.00. The van der Waals surface area contributed by atoms with Crippen LogP contribution in [0.15, 0.2) is 53.7 Å². The fourth-order valence-corrected chi connectivity index (χ4v) is 2.95. The average Bonchev–Trinajstić information content (AvgIpc) is 2.83. The molecule has 0 spiro atoms. The number of thioether (sulfide) groups is 1. The molecule has 19 heavy (non-hydrogen) atoms. The van der Waals surface area contributed by atoms with E-state index in [1.807, 2.05) is 40.9 Å². The summed E-state index contributed by atoms with van der Waals surface area (Å²) in [5.74, 6) is 0.853. The molecular formula is C15H15N3S. The Bertz CT molecular complexity index is 685. The second-order valence-corrected chi connectivity index (χ2v) is 5.47. The third-order valence-electron chi connectivity index (χ3n) is 3.12. The maximum Gasteiger partial charge on any atom is 0.137 e. The van der Waals surface area contributed by atoms with E-state index in [4.69, 9.17) is 5.73 Å². The summed E-state index contributed by atoms with van der Waals surface area (Å²) in [6, 6.07) is 12.1. The molecule has 3 aromatic rings. The van der Waals surface area contributed by atoms with E-state index in [9.17, 15) is 0 Å². The van der Waals surface area contributed by atoms with Crippen molar-refractivity contribution >= 4 is 23.1 Å². The number of anilines is 1. The number of nitrogen functional groups attached to an aromatic ring is 1. The maximum atomic E-state index is 5.92.